The van der Waals surface area contributed by atoms with E-state index in [-0.39, 0.29) is 23.7 Å². The molecule has 0 saturated heterocycles. The molecule has 0 amide bonds. The number of aromatic nitrogens is 5. The third kappa shape index (κ3) is 3.13. The van der Waals surface area contributed by atoms with Gasteiger partial charge >= 0.3 is 0 Å². The molecule has 2 aromatic heterocycles. The van der Waals surface area contributed by atoms with Gasteiger partial charge in [-0.2, -0.15) is 0 Å². The van der Waals surface area contributed by atoms with E-state index in [0.717, 1.165) is 5.69 Å². The standard InChI is InChI=1S/C16H14FN5O/c1-10-8-18-9-13(19-10)7-15(23)16-11(2)22(21-20-16)14-5-3-12(17)4-6-14/h3-6,8-9H,7H2,1-2H3. The summed E-state index contributed by atoms with van der Waals surface area (Å²) in [6.45, 7) is 3.57. The molecule has 0 atom stereocenters. The quantitative estimate of drug-likeness (QED) is 0.691. The van der Waals surface area contributed by atoms with Crippen molar-refractivity contribution in [2.24, 2.45) is 0 Å². The van der Waals surface area contributed by atoms with Gasteiger partial charge in [0.2, 0.25) is 0 Å². The first-order valence-electron chi connectivity index (χ1n) is 7.03. The first-order chi connectivity index (χ1) is 11.0. The lowest BCUT2D eigenvalue weighted by molar-refractivity contribution is 0.0986. The van der Waals surface area contributed by atoms with Crippen molar-refractivity contribution in [1.29, 1.82) is 0 Å². The van der Waals surface area contributed by atoms with Crippen LogP contribution in [-0.4, -0.2) is 30.7 Å². The molecule has 0 aliphatic heterocycles. The Morgan fingerprint density at radius 2 is 1.91 bits per heavy atom. The van der Waals surface area contributed by atoms with Crippen LogP contribution in [0.25, 0.3) is 5.69 Å². The molecule has 116 valence electrons. The van der Waals surface area contributed by atoms with Crippen LogP contribution < -0.4 is 0 Å². The third-order valence-electron chi connectivity index (χ3n) is 3.38. The second kappa shape index (κ2) is 6.04. The highest BCUT2D eigenvalue weighted by atomic mass is 19.1. The predicted octanol–water partition coefficient (Wildman–Crippen LogP) is 2.24. The van der Waals surface area contributed by atoms with Gasteiger partial charge in [-0.3, -0.25) is 14.8 Å². The van der Waals surface area contributed by atoms with Gasteiger partial charge in [0.1, 0.15) is 5.82 Å². The number of hydrogen-bond acceptors (Lipinski definition) is 5. The highest BCUT2D eigenvalue weighted by Crippen LogP contribution is 2.14. The van der Waals surface area contributed by atoms with Gasteiger partial charge in [0.15, 0.2) is 11.5 Å². The maximum Gasteiger partial charge on any atom is 0.191 e. The number of carbonyl (C=O) groups is 1. The van der Waals surface area contributed by atoms with E-state index < -0.39 is 0 Å². The molecule has 0 radical (unpaired) electrons. The molecule has 23 heavy (non-hydrogen) atoms. The number of carbonyl (C=O) groups excluding carboxylic acids is 1. The summed E-state index contributed by atoms with van der Waals surface area (Å²) in [5.41, 5.74) is 2.86. The Labute approximate surface area is 132 Å². The van der Waals surface area contributed by atoms with Gasteiger partial charge in [-0.05, 0) is 38.1 Å². The van der Waals surface area contributed by atoms with Crippen LogP contribution in [0.4, 0.5) is 4.39 Å². The van der Waals surface area contributed by atoms with Gasteiger partial charge in [0.25, 0.3) is 0 Å². The van der Waals surface area contributed by atoms with Crippen molar-refractivity contribution in [1.82, 2.24) is 25.0 Å². The molecule has 6 nitrogen and oxygen atoms in total. The molecule has 0 aliphatic rings. The van der Waals surface area contributed by atoms with E-state index in [0.29, 0.717) is 17.1 Å². The van der Waals surface area contributed by atoms with Crippen molar-refractivity contribution in [3.63, 3.8) is 0 Å². The summed E-state index contributed by atoms with van der Waals surface area (Å²) in [4.78, 5) is 20.7. The van der Waals surface area contributed by atoms with Crippen molar-refractivity contribution in [3.8, 4) is 5.69 Å². The number of hydrogen-bond donors (Lipinski definition) is 0. The van der Waals surface area contributed by atoms with Gasteiger partial charge in [-0.1, -0.05) is 5.21 Å². The van der Waals surface area contributed by atoms with Gasteiger partial charge in [-0.15, -0.1) is 5.10 Å². The van der Waals surface area contributed by atoms with Crippen LogP contribution >= 0.6 is 0 Å². The van der Waals surface area contributed by atoms with Crippen molar-refractivity contribution in [2.75, 3.05) is 0 Å². The van der Waals surface area contributed by atoms with E-state index >= 15 is 0 Å². The van der Waals surface area contributed by atoms with Crippen LogP contribution in [0.15, 0.2) is 36.7 Å². The van der Waals surface area contributed by atoms with Crippen molar-refractivity contribution < 1.29 is 9.18 Å². The number of benzene rings is 1. The summed E-state index contributed by atoms with van der Waals surface area (Å²) < 4.78 is 14.5. The number of ketones is 1. The van der Waals surface area contributed by atoms with Crippen molar-refractivity contribution in [2.45, 2.75) is 20.3 Å². The van der Waals surface area contributed by atoms with E-state index in [1.807, 2.05) is 6.92 Å². The largest absolute Gasteiger partial charge is 0.292 e. The Balaban J connectivity index is 1.86. The molecule has 0 bridgehead atoms. The molecular weight excluding hydrogens is 297 g/mol. The number of halogens is 1. The minimum absolute atomic E-state index is 0.109. The Morgan fingerprint density at radius 1 is 1.17 bits per heavy atom. The summed E-state index contributed by atoms with van der Waals surface area (Å²) in [5.74, 6) is -0.517. The summed E-state index contributed by atoms with van der Waals surface area (Å²) >= 11 is 0. The second-order valence-corrected chi connectivity index (χ2v) is 5.16. The average Bonchev–Trinajstić information content (AvgIpc) is 2.90. The Hall–Kier alpha value is -2.96. The van der Waals surface area contributed by atoms with Crippen molar-refractivity contribution in [3.05, 3.63) is 65.3 Å². The monoisotopic (exact) mass is 311 g/mol. The molecule has 0 spiro atoms. The van der Waals surface area contributed by atoms with E-state index in [2.05, 4.69) is 20.3 Å². The van der Waals surface area contributed by atoms with E-state index in [9.17, 15) is 9.18 Å². The van der Waals surface area contributed by atoms with Crippen LogP contribution in [0.3, 0.4) is 0 Å². The first kappa shape index (κ1) is 15.0. The fourth-order valence-corrected chi connectivity index (χ4v) is 2.26. The molecular formula is C16H14FN5O. The number of aryl methyl sites for hydroxylation is 1. The molecule has 0 unspecified atom stereocenters. The minimum Gasteiger partial charge on any atom is -0.292 e. The fraction of sp³-hybridized carbons (Fsp3) is 0.188. The van der Waals surface area contributed by atoms with Gasteiger partial charge in [0, 0.05) is 12.4 Å². The Morgan fingerprint density at radius 3 is 2.61 bits per heavy atom. The molecule has 7 heteroatoms. The summed E-state index contributed by atoms with van der Waals surface area (Å²) in [6.07, 6.45) is 3.30. The first-order valence-corrected chi connectivity index (χ1v) is 7.03. The Bertz CT molecular complexity index is 857. The van der Waals surface area contributed by atoms with Gasteiger partial charge in [0.05, 0.1) is 29.2 Å². The Kier molecular flexibility index (Phi) is 3.92. The normalized spacial score (nSPS) is 10.7. The lowest BCUT2D eigenvalue weighted by Gasteiger charge is -2.03. The lowest BCUT2D eigenvalue weighted by Crippen LogP contribution is -2.09. The number of Topliss-reactive ketones (excluding diaryl/α,β-unsaturated/α-hetero) is 1. The number of rotatable bonds is 4. The maximum absolute atomic E-state index is 13.0. The highest BCUT2D eigenvalue weighted by molar-refractivity contribution is 5.96. The van der Waals surface area contributed by atoms with E-state index in [1.165, 1.54) is 16.8 Å². The van der Waals surface area contributed by atoms with E-state index in [4.69, 9.17) is 0 Å². The lowest BCUT2D eigenvalue weighted by atomic mass is 10.1. The molecule has 0 saturated carbocycles. The maximum atomic E-state index is 13.0. The van der Waals surface area contributed by atoms with Gasteiger partial charge in [-0.25, -0.2) is 9.07 Å². The van der Waals surface area contributed by atoms with Gasteiger partial charge < -0.3 is 0 Å². The average molecular weight is 311 g/mol. The van der Waals surface area contributed by atoms with E-state index in [1.54, 1.807) is 31.5 Å². The zero-order valence-electron chi connectivity index (χ0n) is 12.7. The van der Waals surface area contributed by atoms with Crippen LogP contribution in [-0.2, 0) is 6.42 Å². The summed E-state index contributed by atoms with van der Waals surface area (Å²) in [6, 6.07) is 5.83. The zero-order chi connectivity index (χ0) is 16.4. The summed E-state index contributed by atoms with van der Waals surface area (Å²) in [5, 5.41) is 7.94. The van der Waals surface area contributed by atoms with Crippen LogP contribution in [0, 0.1) is 19.7 Å². The van der Waals surface area contributed by atoms with Crippen molar-refractivity contribution >= 4 is 5.78 Å². The smallest absolute Gasteiger partial charge is 0.191 e. The molecule has 0 N–H and O–H groups in total. The molecule has 3 aromatic rings. The van der Waals surface area contributed by atoms with Crippen LogP contribution in [0.5, 0.6) is 0 Å². The number of nitrogens with zero attached hydrogens (tertiary/aromatic N) is 5. The zero-order valence-corrected chi connectivity index (χ0v) is 12.7. The molecule has 0 aliphatic carbocycles. The SMILES string of the molecule is Cc1cncc(CC(=O)c2nnn(-c3ccc(F)cc3)c2C)n1. The van der Waals surface area contributed by atoms with Crippen LogP contribution in [0.1, 0.15) is 27.6 Å². The molecule has 0 fully saturated rings. The molecule has 3 rings (SSSR count). The second-order valence-electron chi connectivity index (χ2n) is 5.16. The molecule has 1 aromatic carbocycles. The topological polar surface area (TPSA) is 73.6 Å². The predicted molar refractivity (Wildman–Crippen MR) is 80.9 cm³/mol. The highest BCUT2D eigenvalue weighted by Gasteiger charge is 2.18. The summed E-state index contributed by atoms with van der Waals surface area (Å²) in [7, 11) is 0. The fourth-order valence-electron chi connectivity index (χ4n) is 2.26. The minimum atomic E-state index is -0.333. The van der Waals surface area contributed by atoms with Crippen LogP contribution in [0.2, 0.25) is 0 Å². The third-order valence-corrected chi connectivity index (χ3v) is 3.38. The molecule has 2 heterocycles.